The second-order valence-corrected chi connectivity index (χ2v) is 39.8. The Bertz CT molecular complexity index is 7880. The van der Waals surface area contributed by atoms with Gasteiger partial charge in [0.15, 0.2) is 0 Å². The molecule has 542 valence electrons. The quantitative estimate of drug-likeness (QED) is 0.123. The average Bonchev–Trinajstić information content (AvgIpc) is 1.55. The number of fused-ring (bicyclic) bond motifs is 36. The van der Waals surface area contributed by atoms with E-state index in [1.165, 1.54) is 0 Å². The fraction of sp³-hybridized carbons (Fsp3) is 0.0204. The summed E-state index contributed by atoms with van der Waals surface area (Å²) in [6, 6.07) is 104. The van der Waals surface area contributed by atoms with E-state index in [1.807, 2.05) is 0 Å². The number of rotatable bonds is 5. The molecule has 8 aliphatic rings. The number of nitrogens with zero attached hydrogens (tertiary/aromatic N) is 16. The summed E-state index contributed by atoms with van der Waals surface area (Å²) >= 11 is -8.96. The molecule has 28 rings (SSSR count). The summed E-state index contributed by atoms with van der Waals surface area (Å²) in [5.41, 5.74) is 9.55. The van der Waals surface area contributed by atoms with Gasteiger partial charge in [0.1, 0.15) is 0 Å². The summed E-state index contributed by atoms with van der Waals surface area (Å²) in [4.78, 5) is 70.0. The van der Waals surface area contributed by atoms with E-state index in [0.717, 1.165) is 174 Å². The van der Waals surface area contributed by atoms with Gasteiger partial charge in [-0.1, -0.05) is 0 Å². The van der Waals surface area contributed by atoms with E-state index in [-0.39, 0.29) is 13.2 Å². The fourth-order valence-electron chi connectivity index (χ4n) is 19.3. The van der Waals surface area contributed by atoms with Crippen LogP contribution in [0.3, 0.4) is 0 Å². The van der Waals surface area contributed by atoms with Crippen molar-refractivity contribution in [3.63, 3.8) is 0 Å². The molecule has 8 aliphatic heterocycles. The van der Waals surface area contributed by atoms with Gasteiger partial charge < -0.3 is 0 Å². The van der Waals surface area contributed by atoms with Gasteiger partial charge in [0.25, 0.3) is 0 Å². The van der Waals surface area contributed by atoms with Crippen molar-refractivity contribution in [3.8, 4) is 0 Å². The molecule has 0 N–H and O–H groups in total. The van der Waals surface area contributed by atoms with Gasteiger partial charge in [0.2, 0.25) is 0 Å². The predicted octanol–water partition coefficient (Wildman–Crippen LogP) is 18.1. The van der Waals surface area contributed by atoms with Crippen molar-refractivity contribution in [2.75, 3.05) is 13.2 Å². The Hall–Kier alpha value is -14.5. The van der Waals surface area contributed by atoms with Crippen molar-refractivity contribution in [2.45, 2.75) is 0 Å². The van der Waals surface area contributed by atoms with Gasteiger partial charge in [0.05, 0.1) is 0 Å². The monoisotopic (exact) mass is 1620 g/mol. The summed E-state index contributed by atoms with van der Waals surface area (Å²) in [5, 5.41) is 23.9. The maximum atomic E-state index is 8.34. The third kappa shape index (κ3) is 9.06. The Morgan fingerprint density at radius 1 is 0.178 bits per heavy atom. The molecule has 18 nitrogen and oxygen atoms in total. The Morgan fingerprint density at radius 2 is 0.339 bits per heavy atom. The van der Waals surface area contributed by atoms with Crippen LogP contribution < -0.4 is 22.0 Å². The Labute approximate surface area is 679 Å². The van der Waals surface area contributed by atoms with Gasteiger partial charge in [0, 0.05) is 0 Å². The molecule has 4 aromatic heterocycles. The van der Waals surface area contributed by atoms with Crippen molar-refractivity contribution < 1.29 is 7.06 Å². The van der Waals surface area contributed by atoms with Crippen LogP contribution in [-0.2, 0) is 7.06 Å². The number of aromatic nitrogens is 4. The summed E-state index contributed by atoms with van der Waals surface area (Å²) in [6.07, 6.45) is 0. The minimum absolute atomic E-state index is 0.0565. The van der Waals surface area contributed by atoms with E-state index in [4.69, 9.17) is 67.0 Å². The van der Waals surface area contributed by atoms with Gasteiger partial charge >= 0.3 is 684 Å². The molecule has 12 bridgehead atoms. The topological polar surface area (TPSA) is 187 Å². The van der Waals surface area contributed by atoms with Crippen LogP contribution in [0.5, 0.6) is 0 Å². The third-order valence-corrected chi connectivity index (χ3v) is 34.9. The van der Waals surface area contributed by atoms with E-state index in [2.05, 4.69) is 304 Å². The van der Waals surface area contributed by atoms with Crippen LogP contribution >= 0.6 is 0 Å². The number of aliphatic imine (C=N–C) groups is 8. The zero-order valence-corrected chi connectivity index (χ0v) is 67.1. The molecule has 20 heteroatoms. The molecule has 0 spiro atoms. The van der Waals surface area contributed by atoms with Crippen LogP contribution in [0, 0.1) is 0 Å². The van der Waals surface area contributed by atoms with Crippen molar-refractivity contribution in [1.29, 1.82) is 0 Å². The second kappa shape index (κ2) is 23.6. The summed E-state index contributed by atoms with van der Waals surface area (Å²) < 4.78 is 26.0. The molecule has 0 saturated heterocycles. The molecule has 0 saturated carbocycles. The maximum absolute atomic E-state index is 8.34. The van der Waals surface area contributed by atoms with Crippen molar-refractivity contribution in [3.05, 3.63) is 358 Å². The molecule has 20 aromatic rings. The molecule has 0 fully saturated rings. The molecule has 0 amide bonds. The first-order valence-electron chi connectivity index (χ1n) is 39.6. The molecule has 118 heavy (non-hydrogen) atoms. The van der Waals surface area contributed by atoms with Gasteiger partial charge in [-0.05, 0) is 0 Å². The van der Waals surface area contributed by atoms with Crippen molar-refractivity contribution >= 4 is 233 Å². The van der Waals surface area contributed by atoms with E-state index in [0.29, 0.717) is 91.9 Å². The zero-order chi connectivity index (χ0) is 76.4. The van der Waals surface area contributed by atoms with E-state index < -0.39 is 34.1 Å². The van der Waals surface area contributed by atoms with Crippen LogP contribution in [0.1, 0.15) is 44.5 Å². The van der Waals surface area contributed by atoms with Crippen LogP contribution in [-0.4, -0.2) is 107 Å². The van der Waals surface area contributed by atoms with Gasteiger partial charge in [-0.3, -0.25) is 0 Å². The second-order valence-electron chi connectivity index (χ2n) is 31.4. The molecule has 12 heterocycles. The molecule has 0 radical (unpaired) electrons. The fourth-order valence-corrected chi connectivity index (χ4v) is 29.6. The SMILES string of the molecule is c1ccc2cc3c(cc2c1)C1=NC3=Nc2c3cc4ccccc4cc3c3[n]2[Ga]([O]CC[O][Ga]2[n]4c5c6cc7ccccc7cc6c4N=C4N=C(N=c6c7cc8ccccc8cc7c([n]62)=NC2=NC(=N5)c5cc6ccccc6cc52)c2cc5ccccc5cc24)[n]2c(c4cc5ccccc5cc4c2=NC2=NC(=N3)c3cc4ccccc4cc32)=N1. The minimum atomic E-state index is -4.48. The van der Waals surface area contributed by atoms with Gasteiger partial charge in [-0.25, -0.2) is 0 Å². The van der Waals surface area contributed by atoms with E-state index in [1.54, 1.807) is 0 Å². The number of hydrogen-bond acceptors (Lipinski definition) is 14. The average molecular weight is 1630 g/mol. The first-order chi connectivity index (χ1) is 58.4. The van der Waals surface area contributed by atoms with Crippen LogP contribution in [0.25, 0.3) is 129 Å². The Morgan fingerprint density at radius 3 is 0.525 bits per heavy atom. The predicted molar refractivity (Wildman–Crippen MR) is 474 cm³/mol. The van der Waals surface area contributed by atoms with E-state index >= 15 is 0 Å². The number of amidine groups is 8. The molecule has 0 atom stereocenters. The number of benzene rings is 16. The molecular formula is C98H52Ga2N16O2. The summed E-state index contributed by atoms with van der Waals surface area (Å²) in [5.74, 6) is 6.85. The number of hydrogen-bond donors (Lipinski definition) is 0. The summed E-state index contributed by atoms with van der Waals surface area (Å²) in [6.45, 7) is 0.113. The summed E-state index contributed by atoms with van der Waals surface area (Å²) in [7, 11) is 0. The van der Waals surface area contributed by atoms with Crippen molar-refractivity contribution in [1.82, 2.24) is 13.1 Å². The molecule has 0 unspecified atom stereocenters. The Kier molecular flexibility index (Phi) is 12.8. The Balaban J connectivity index is 0.732. The third-order valence-electron chi connectivity index (χ3n) is 24.8. The van der Waals surface area contributed by atoms with E-state index in [9.17, 15) is 0 Å². The van der Waals surface area contributed by atoms with Crippen molar-refractivity contribution in [2.24, 2.45) is 59.9 Å². The van der Waals surface area contributed by atoms with Gasteiger partial charge in [-0.15, -0.1) is 0 Å². The van der Waals surface area contributed by atoms with Crippen LogP contribution in [0.4, 0.5) is 23.3 Å². The molecule has 0 aliphatic carbocycles. The molecule has 16 aromatic carbocycles. The van der Waals surface area contributed by atoms with Crippen LogP contribution in [0.15, 0.2) is 351 Å². The first kappa shape index (κ1) is 63.9. The standard InChI is InChI=1S/2C48H24N8.C2H4O2.2Ga/c2*1-2-10-26-18-34-33(17-25(26)9-1)41-49-42(34)54-44-37-21-29-13-5-6-14-30(29)22-38(37)46(51-44)56-48-40-24-32-16-8-7-15-31(32)23-39(40)47(52-48)55-45-36-20-28-12-4-3-11-27(28)19-35(36)43(50-45)53-41;3-1-2-4;;/h2*1-24H;1-2H2;;/q3*-2;2*+3. The van der Waals surface area contributed by atoms with Crippen LogP contribution in [0.2, 0.25) is 0 Å². The zero-order valence-electron chi connectivity index (χ0n) is 62.3. The first-order valence-corrected chi connectivity index (χ1v) is 45.9. The van der Waals surface area contributed by atoms with Gasteiger partial charge in [-0.2, -0.15) is 0 Å². The molecular weight excluding hydrogens is 1570 g/mol. The normalized spacial score (nSPS) is 15.1.